The van der Waals surface area contributed by atoms with Crippen molar-refractivity contribution in [2.24, 2.45) is 0 Å². The molecule has 1 saturated heterocycles. The van der Waals surface area contributed by atoms with E-state index < -0.39 is 17.5 Å². The van der Waals surface area contributed by atoms with E-state index in [1.54, 1.807) is 4.90 Å². The quantitative estimate of drug-likeness (QED) is 0.837. The summed E-state index contributed by atoms with van der Waals surface area (Å²) in [5, 5.41) is 0. The molecule has 2 aromatic carbocycles. The minimum atomic E-state index is -0.517. The Labute approximate surface area is 144 Å². The van der Waals surface area contributed by atoms with Crippen molar-refractivity contribution in [2.75, 3.05) is 13.1 Å². The number of likely N-dealkylation sites (tertiary alicyclic amines) is 1. The lowest BCUT2D eigenvalue weighted by Gasteiger charge is -2.32. The van der Waals surface area contributed by atoms with Crippen molar-refractivity contribution in [3.05, 3.63) is 71.0 Å². The molecule has 3 nitrogen and oxygen atoms in total. The summed E-state index contributed by atoms with van der Waals surface area (Å²) in [6, 6.07) is 8.63. The molecule has 1 fully saturated rings. The molecule has 132 valence electrons. The summed E-state index contributed by atoms with van der Waals surface area (Å²) in [5.74, 6) is -1.62. The minimum Gasteiger partial charge on any atom is -0.372 e. The molecule has 0 radical (unpaired) electrons. The van der Waals surface area contributed by atoms with Crippen LogP contribution >= 0.6 is 0 Å². The van der Waals surface area contributed by atoms with E-state index in [9.17, 15) is 18.0 Å². The Kier molecular flexibility index (Phi) is 5.38. The van der Waals surface area contributed by atoms with Gasteiger partial charge in [0, 0.05) is 24.2 Å². The van der Waals surface area contributed by atoms with Gasteiger partial charge in [0.1, 0.15) is 17.5 Å². The molecule has 1 amide bonds. The number of nitrogens with zero attached hydrogens (tertiary/aromatic N) is 1. The van der Waals surface area contributed by atoms with Gasteiger partial charge < -0.3 is 9.64 Å². The lowest BCUT2D eigenvalue weighted by atomic mass is 10.1. The number of halogens is 3. The smallest absolute Gasteiger partial charge is 0.253 e. The zero-order chi connectivity index (χ0) is 17.8. The molecule has 1 atom stereocenters. The summed E-state index contributed by atoms with van der Waals surface area (Å²) < 4.78 is 45.5. The number of carbonyl (C=O) groups excluding carboxylic acids is 1. The van der Waals surface area contributed by atoms with Crippen LogP contribution in [0.1, 0.15) is 28.8 Å². The van der Waals surface area contributed by atoms with Crippen LogP contribution < -0.4 is 0 Å². The third-order valence-electron chi connectivity index (χ3n) is 4.24. The molecule has 0 spiro atoms. The van der Waals surface area contributed by atoms with E-state index in [0.717, 1.165) is 31.0 Å². The van der Waals surface area contributed by atoms with Gasteiger partial charge in [-0.25, -0.2) is 13.2 Å². The number of carbonyl (C=O) groups is 1. The SMILES string of the molecule is O=C(c1ccc(F)cc1)N1CCCC(OCc2cc(F)ccc2F)C1. The van der Waals surface area contributed by atoms with Crippen molar-refractivity contribution in [3.8, 4) is 0 Å². The highest BCUT2D eigenvalue weighted by atomic mass is 19.1. The lowest BCUT2D eigenvalue weighted by molar-refractivity contribution is -0.00769. The van der Waals surface area contributed by atoms with E-state index >= 15 is 0 Å². The second-order valence-corrected chi connectivity index (χ2v) is 6.07. The van der Waals surface area contributed by atoms with E-state index in [1.165, 1.54) is 24.3 Å². The van der Waals surface area contributed by atoms with E-state index in [0.29, 0.717) is 18.7 Å². The molecular weight excluding hydrogens is 331 g/mol. The Morgan fingerprint density at radius 2 is 1.80 bits per heavy atom. The van der Waals surface area contributed by atoms with Gasteiger partial charge in [0.05, 0.1) is 12.7 Å². The standard InChI is InChI=1S/C19H18F3NO2/c20-15-5-3-13(4-6-15)19(24)23-9-1-2-17(11-23)25-12-14-10-16(21)7-8-18(14)22/h3-8,10,17H,1-2,9,11-12H2. The monoisotopic (exact) mass is 349 g/mol. The van der Waals surface area contributed by atoms with Gasteiger partial charge in [0.2, 0.25) is 0 Å². The Morgan fingerprint density at radius 1 is 1.08 bits per heavy atom. The first kappa shape index (κ1) is 17.5. The fraction of sp³-hybridized carbons (Fsp3) is 0.316. The fourth-order valence-corrected chi connectivity index (χ4v) is 2.90. The van der Waals surface area contributed by atoms with E-state index in [2.05, 4.69) is 0 Å². The number of ether oxygens (including phenoxy) is 1. The van der Waals surface area contributed by atoms with Crippen LogP contribution in [0, 0.1) is 17.5 Å². The van der Waals surface area contributed by atoms with Crippen LogP contribution in [-0.2, 0) is 11.3 Å². The van der Waals surface area contributed by atoms with Crippen molar-refractivity contribution in [1.29, 1.82) is 0 Å². The molecule has 0 bridgehead atoms. The number of piperidine rings is 1. The highest BCUT2D eigenvalue weighted by molar-refractivity contribution is 5.94. The van der Waals surface area contributed by atoms with E-state index in [1.807, 2.05) is 0 Å². The maximum atomic E-state index is 13.6. The summed E-state index contributed by atoms with van der Waals surface area (Å²) in [6.07, 6.45) is 1.24. The van der Waals surface area contributed by atoms with Gasteiger partial charge >= 0.3 is 0 Å². The third-order valence-corrected chi connectivity index (χ3v) is 4.24. The number of hydrogen-bond donors (Lipinski definition) is 0. The average molecular weight is 349 g/mol. The van der Waals surface area contributed by atoms with Gasteiger partial charge in [0.25, 0.3) is 5.91 Å². The molecule has 0 N–H and O–H groups in total. The molecule has 0 aromatic heterocycles. The van der Waals surface area contributed by atoms with Crippen LogP contribution in [0.5, 0.6) is 0 Å². The molecule has 3 rings (SSSR count). The first-order valence-electron chi connectivity index (χ1n) is 8.13. The molecule has 1 aliphatic rings. The number of benzene rings is 2. The number of amides is 1. The van der Waals surface area contributed by atoms with Crippen LogP contribution in [0.15, 0.2) is 42.5 Å². The van der Waals surface area contributed by atoms with Crippen LogP contribution in [0.25, 0.3) is 0 Å². The molecule has 0 saturated carbocycles. The zero-order valence-corrected chi connectivity index (χ0v) is 13.6. The lowest BCUT2D eigenvalue weighted by Crippen LogP contribution is -2.43. The van der Waals surface area contributed by atoms with Gasteiger partial charge in [-0.1, -0.05) is 0 Å². The maximum Gasteiger partial charge on any atom is 0.253 e. The summed E-state index contributed by atoms with van der Waals surface area (Å²) in [6.45, 7) is 0.907. The van der Waals surface area contributed by atoms with Crippen molar-refractivity contribution in [3.63, 3.8) is 0 Å². The Hall–Kier alpha value is -2.34. The molecule has 2 aromatic rings. The van der Waals surface area contributed by atoms with Crippen molar-refractivity contribution < 1.29 is 22.7 Å². The van der Waals surface area contributed by atoms with Crippen LogP contribution in [-0.4, -0.2) is 30.0 Å². The molecule has 1 heterocycles. The van der Waals surface area contributed by atoms with E-state index in [4.69, 9.17) is 4.74 Å². The van der Waals surface area contributed by atoms with Crippen LogP contribution in [0.3, 0.4) is 0 Å². The Morgan fingerprint density at radius 3 is 2.56 bits per heavy atom. The van der Waals surface area contributed by atoms with Gasteiger partial charge in [0.15, 0.2) is 0 Å². The summed E-state index contributed by atoms with van der Waals surface area (Å²) in [7, 11) is 0. The summed E-state index contributed by atoms with van der Waals surface area (Å²) >= 11 is 0. The van der Waals surface area contributed by atoms with Gasteiger partial charge in [-0.2, -0.15) is 0 Å². The number of rotatable bonds is 4. The van der Waals surface area contributed by atoms with Crippen molar-refractivity contribution in [2.45, 2.75) is 25.6 Å². The fourth-order valence-electron chi connectivity index (χ4n) is 2.90. The molecule has 6 heteroatoms. The van der Waals surface area contributed by atoms with E-state index in [-0.39, 0.29) is 24.2 Å². The third kappa shape index (κ3) is 4.39. The topological polar surface area (TPSA) is 29.5 Å². The van der Waals surface area contributed by atoms with Crippen molar-refractivity contribution >= 4 is 5.91 Å². The molecule has 1 aliphatic heterocycles. The maximum absolute atomic E-state index is 13.6. The minimum absolute atomic E-state index is 0.0488. The Balaban J connectivity index is 1.60. The summed E-state index contributed by atoms with van der Waals surface area (Å²) in [5.41, 5.74) is 0.570. The second-order valence-electron chi connectivity index (χ2n) is 6.07. The number of hydrogen-bond acceptors (Lipinski definition) is 2. The van der Waals surface area contributed by atoms with Gasteiger partial charge in [-0.3, -0.25) is 4.79 Å². The largest absolute Gasteiger partial charge is 0.372 e. The second kappa shape index (κ2) is 7.70. The average Bonchev–Trinajstić information content (AvgIpc) is 2.63. The van der Waals surface area contributed by atoms with Crippen LogP contribution in [0.4, 0.5) is 13.2 Å². The Bertz CT molecular complexity index is 749. The molecule has 25 heavy (non-hydrogen) atoms. The highest BCUT2D eigenvalue weighted by Crippen LogP contribution is 2.19. The van der Waals surface area contributed by atoms with Crippen molar-refractivity contribution in [1.82, 2.24) is 4.90 Å². The molecular formula is C19H18F3NO2. The predicted molar refractivity (Wildman–Crippen MR) is 86.5 cm³/mol. The van der Waals surface area contributed by atoms with Crippen LogP contribution in [0.2, 0.25) is 0 Å². The predicted octanol–water partition coefficient (Wildman–Crippen LogP) is 3.93. The highest BCUT2D eigenvalue weighted by Gasteiger charge is 2.25. The zero-order valence-electron chi connectivity index (χ0n) is 13.6. The van der Waals surface area contributed by atoms with Gasteiger partial charge in [-0.05, 0) is 55.3 Å². The first-order chi connectivity index (χ1) is 12.0. The van der Waals surface area contributed by atoms with Gasteiger partial charge in [-0.15, -0.1) is 0 Å². The normalized spacial score (nSPS) is 17.6. The molecule has 1 unspecified atom stereocenters. The molecule has 0 aliphatic carbocycles. The summed E-state index contributed by atoms with van der Waals surface area (Å²) in [4.78, 5) is 14.1. The first-order valence-corrected chi connectivity index (χ1v) is 8.13.